The Labute approximate surface area is 369 Å². The number of allylic oxidation sites excluding steroid dienone is 12. The molecule has 0 heterocycles. The van der Waals surface area contributed by atoms with Crippen molar-refractivity contribution in [2.45, 2.75) is 238 Å². The lowest BCUT2D eigenvalue weighted by atomic mass is 10.0. The fourth-order valence-electron chi connectivity index (χ4n) is 7.06. The van der Waals surface area contributed by atoms with Gasteiger partial charge in [-0.2, -0.15) is 0 Å². The summed E-state index contributed by atoms with van der Waals surface area (Å²) in [7, 11) is 0. The van der Waals surface area contributed by atoms with Crippen LogP contribution in [0.4, 0.5) is 0 Å². The predicted molar refractivity (Wildman–Crippen MR) is 257 cm³/mol. The summed E-state index contributed by atoms with van der Waals surface area (Å²) in [6, 6.07) is -0.865. The van der Waals surface area contributed by atoms with E-state index in [1.165, 1.54) is 64.2 Å². The van der Waals surface area contributed by atoms with Gasteiger partial charge in [0.1, 0.15) is 12.1 Å². The number of hydrogen-bond donors (Lipinski definition) is 3. The summed E-state index contributed by atoms with van der Waals surface area (Å²) < 4.78 is 6.06. The lowest BCUT2D eigenvalue weighted by Gasteiger charge is -2.18. The zero-order valence-electron chi connectivity index (χ0n) is 38.8. The van der Waals surface area contributed by atoms with E-state index in [2.05, 4.69) is 92.1 Å². The smallest absolute Gasteiger partial charge is 0.326 e. The largest absolute Gasteiger partial charge is 0.480 e. The number of ether oxygens (including phenoxy) is 1. The molecule has 0 aliphatic rings. The van der Waals surface area contributed by atoms with Gasteiger partial charge in [-0.3, -0.25) is 9.59 Å². The van der Waals surface area contributed by atoms with Gasteiger partial charge in [0.25, 0.3) is 0 Å². The van der Waals surface area contributed by atoms with Crippen LogP contribution in [-0.2, 0) is 19.1 Å². The molecule has 2 unspecified atom stereocenters. The Bertz CT molecular complexity index is 1170. The van der Waals surface area contributed by atoms with Gasteiger partial charge in [-0.15, -0.1) is 0 Å². The van der Waals surface area contributed by atoms with E-state index in [9.17, 15) is 19.5 Å². The van der Waals surface area contributed by atoms with Gasteiger partial charge in [0.15, 0.2) is 0 Å². The van der Waals surface area contributed by atoms with Crippen LogP contribution in [0.5, 0.6) is 0 Å². The number of carboxylic acid groups (broad SMARTS) is 1. The topological polar surface area (TPSA) is 119 Å². The number of nitrogens with one attached hydrogen (secondary N) is 1. The van der Waals surface area contributed by atoms with Gasteiger partial charge in [-0.1, -0.05) is 164 Å². The van der Waals surface area contributed by atoms with Crippen molar-refractivity contribution in [3.05, 3.63) is 72.9 Å². The number of aliphatic carboxylic acids is 1. The molecule has 0 saturated carbocycles. The van der Waals surface area contributed by atoms with Gasteiger partial charge < -0.3 is 20.9 Å². The summed E-state index contributed by atoms with van der Waals surface area (Å²) in [6.45, 7) is 4.84. The molecule has 1 amide bonds. The standard InChI is InChI=1S/C53H92N2O5/c1-3-5-7-9-11-13-15-17-19-20-21-22-24-26-28-30-32-37-41-47-52(57)60-49(43-38-34-31-29-27-25-23-18-16-14-12-10-8-6-4-2)44-39-35-33-36-40-46-51(56)55-50(53(58)59)45-42-48-54/h5,7,11,13,17,19,21-22,25-28,49-50H,3-4,6,8-10,12,14-16,18,20,23-24,29-48,54H2,1-2H3,(H,55,56)(H,58,59)/b7-5-,13-11-,19-17-,22-21-,27-25-,28-26-. The second-order valence-corrected chi connectivity index (χ2v) is 16.5. The van der Waals surface area contributed by atoms with Crippen molar-refractivity contribution in [3.8, 4) is 0 Å². The molecule has 0 aliphatic carbocycles. The molecule has 7 heteroatoms. The Morgan fingerprint density at radius 3 is 1.43 bits per heavy atom. The summed E-state index contributed by atoms with van der Waals surface area (Å²) >= 11 is 0. The van der Waals surface area contributed by atoms with E-state index in [0.29, 0.717) is 32.2 Å². The quantitative estimate of drug-likeness (QED) is 0.0319. The number of carbonyl (C=O) groups is 3. The number of rotatable bonds is 44. The van der Waals surface area contributed by atoms with Gasteiger partial charge in [0, 0.05) is 12.8 Å². The Kier molecular flexibility index (Phi) is 44.4. The van der Waals surface area contributed by atoms with Crippen LogP contribution in [0.1, 0.15) is 226 Å². The van der Waals surface area contributed by atoms with Crippen LogP contribution in [0.3, 0.4) is 0 Å². The Hall–Kier alpha value is -3.19. The van der Waals surface area contributed by atoms with E-state index in [1.54, 1.807) is 0 Å². The van der Waals surface area contributed by atoms with Crippen LogP contribution in [0.2, 0.25) is 0 Å². The molecular formula is C53H92N2O5. The van der Waals surface area contributed by atoms with Gasteiger partial charge in [0.2, 0.25) is 5.91 Å². The minimum Gasteiger partial charge on any atom is -0.480 e. The third-order valence-corrected chi connectivity index (χ3v) is 10.8. The van der Waals surface area contributed by atoms with Crippen LogP contribution in [0.25, 0.3) is 0 Å². The summed E-state index contributed by atoms with van der Waals surface area (Å²) in [4.78, 5) is 36.5. The summed E-state index contributed by atoms with van der Waals surface area (Å²) in [5.41, 5.74) is 5.50. The summed E-state index contributed by atoms with van der Waals surface area (Å²) in [5.74, 6) is -1.28. The number of hydrogen-bond acceptors (Lipinski definition) is 5. The summed E-state index contributed by atoms with van der Waals surface area (Å²) in [6.07, 6.45) is 60.9. The van der Waals surface area contributed by atoms with Crippen LogP contribution in [0, 0.1) is 0 Å². The molecule has 0 bridgehead atoms. The molecular weight excluding hydrogens is 745 g/mol. The molecule has 0 aromatic rings. The van der Waals surface area contributed by atoms with E-state index >= 15 is 0 Å². The van der Waals surface area contributed by atoms with Crippen molar-refractivity contribution < 1.29 is 24.2 Å². The van der Waals surface area contributed by atoms with Gasteiger partial charge in [0.05, 0.1) is 0 Å². The maximum Gasteiger partial charge on any atom is 0.326 e. The van der Waals surface area contributed by atoms with Crippen molar-refractivity contribution in [3.63, 3.8) is 0 Å². The first-order valence-corrected chi connectivity index (χ1v) is 24.8. The first-order valence-electron chi connectivity index (χ1n) is 24.8. The molecule has 0 spiro atoms. The average molecular weight is 837 g/mol. The van der Waals surface area contributed by atoms with Crippen molar-refractivity contribution >= 4 is 17.8 Å². The number of esters is 1. The number of nitrogens with two attached hydrogens (primary N) is 1. The number of unbranched alkanes of at least 4 members (excludes halogenated alkanes) is 18. The molecule has 0 aliphatic heterocycles. The van der Waals surface area contributed by atoms with E-state index in [-0.39, 0.29) is 18.0 Å². The predicted octanol–water partition coefficient (Wildman–Crippen LogP) is 14.7. The van der Waals surface area contributed by atoms with Gasteiger partial charge in [-0.05, 0) is 129 Å². The second-order valence-electron chi connectivity index (χ2n) is 16.5. The second kappa shape index (κ2) is 46.9. The van der Waals surface area contributed by atoms with E-state index in [4.69, 9.17) is 10.5 Å². The highest BCUT2D eigenvalue weighted by atomic mass is 16.5. The van der Waals surface area contributed by atoms with Crippen molar-refractivity contribution in [2.24, 2.45) is 5.73 Å². The Balaban J connectivity index is 4.42. The molecule has 0 aromatic heterocycles. The molecule has 0 saturated heterocycles. The SMILES string of the molecule is CC/C=C\C/C=C\C/C=C\C/C=C\C/C=C\CCCCCC(=O)OC(CCCCC/C=C\CCCCCCCCCC)CCCCCCCC(=O)NC(CCCN)C(=O)O. The highest BCUT2D eigenvalue weighted by Crippen LogP contribution is 2.18. The van der Waals surface area contributed by atoms with Crippen LogP contribution in [0.15, 0.2) is 72.9 Å². The Morgan fingerprint density at radius 1 is 0.500 bits per heavy atom. The minimum absolute atomic E-state index is 0.0245. The van der Waals surface area contributed by atoms with E-state index < -0.39 is 12.0 Å². The fraction of sp³-hybridized carbons (Fsp3) is 0.717. The van der Waals surface area contributed by atoms with Crippen LogP contribution >= 0.6 is 0 Å². The van der Waals surface area contributed by atoms with Crippen molar-refractivity contribution in [1.29, 1.82) is 0 Å². The monoisotopic (exact) mass is 837 g/mol. The molecule has 0 rings (SSSR count). The molecule has 344 valence electrons. The lowest BCUT2D eigenvalue weighted by Crippen LogP contribution is -2.40. The molecule has 7 nitrogen and oxygen atoms in total. The molecule has 4 N–H and O–H groups in total. The highest BCUT2D eigenvalue weighted by Gasteiger charge is 2.19. The lowest BCUT2D eigenvalue weighted by molar-refractivity contribution is -0.150. The molecule has 0 fully saturated rings. The first-order chi connectivity index (χ1) is 29.4. The number of amides is 1. The van der Waals surface area contributed by atoms with Gasteiger partial charge in [-0.25, -0.2) is 4.79 Å². The molecule has 2 atom stereocenters. The fourth-order valence-corrected chi connectivity index (χ4v) is 7.06. The maximum atomic E-state index is 12.9. The zero-order chi connectivity index (χ0) is 43.8. The zero-order valence-corrected chi connectivity index (χ0v) is 38.8. The third-order valence-electron chi connectivity index (χ3n) is 10.8. The summed E-state index contributed by atoms with van der Waals surface area (Å²) in [5, 5.41) is 12.0. The maximum absolute atomic E-state index is 12.9. The van der Waals surface area contributed by atoms with E-state index in [1.807, 2.05) is 0 Å². The third kappa shape index (κ3) is 42.9. The number of carboxylic acids is 1. The Morgan fingerprint density at radius 2 is 0.917 bits per heavy atom. The molecule has 60 heavy (non-hydrogen) atoms. The average Bonchev–Trinajstić information content (AvgIpc) is 3.23. The number of carbonyl (C=O) groups excluding carboxylic acids is 2. The van der Waals surface area contributed by atoms with Crippen molar-refractivity contribution in [2.75, 3.05) is 6.54 Å². The van der Waals surface area contributed by atoms with E-state index in [0.717, 1.165) is 122 Å². The van der Waals surface area contributed by atoms with Crippen LogP contribution < -0.4 is 11.1 Å². The minimum atomic E-state index is -1.01. The molecule has 0 radical (unpaired) electrons. The van der Waals surface area contributed by atoms with Crippen molar-refractivity contribution in [1.82, 2.24) is 5.32 Å². The normalized spacial score (nSPS) is 13.2. The van der Waals surface area contributed by atoms with Gasteiger partial charge >= 0.3 is 11.9 Å². The molecule has 0 aromatic carbocycles. The highest BCUT2D eigenvalue weighted by molar-refractivity contribution is 5.83. The van der Waals surface area contributed by atoms with Crippen LogP contribution in [-0.4, -0.2) is 41.6 Å². The first kappa shape index (κ1) is 56.8.